The second-order valence-corrected chi connectivity index (χ2v) is 8.48. The van der Waals surface area contributed by atoms with Crippen LogP contribution < -0.4 is 10.6 Å². The zero-order chi connectivity index (χ0) is 22.2. The molecule has 0 unspecified atom stereocenters. The minimum atomic E-state index is -1.34. The van der Waals surface area contributed by atoms with Crippen LogP contribution in [-0.4, -0.2) is 29.3 Å². The Morgan fingerprint density at radius 3 is 2.52 bits per heavy atom. The fourth-order valence-electron chi connectivity index (χ4n) is 4.36. The summed E-state index contributed by atoms with van der Waals surface area (Å²) in [5, 5.41) is 5.51. The number of carbonyl (C=O) groups excluding carboxylic acids is 3. The Balaban J connectivity index is 1.43. The van der Waals surface area contributed by atoms with Crippen molar-refractivity contribution in [2.45, 2.75) is 51.1 Å². The lowest BCUT2D eigenvalue weighted by atomic mass is 9.89. The van der Waals surface area contributed by atoms with Gasteiger partial charge in [-0.2, -0.15) is 0 Å². The smallest absolute Gasteiger partial charge is 0.325 e. The number of amides is 4. The van der Waals surface area contributed by atoms with Crippen LogP contribution in [0.3, 0.4) is 0 Å². The number of urea groups is 1. The van der Waals surface area contributed by atoms with Crippen molar-refractivity contribution in [3.05, 3.63) is 70.5 Å². The van der Waals surface area contributed by atoms with E-state index >= 15 is 0 Å². The second kappa shape index (κ2) is 8.13. The third-order valence-electron chi connectivity index (χ3n) is 6.25. The van der Waals surface area contributed by atoms with Crippen molar-refractivity contribution >= 4 is 17.8 Å². The van der Waals surface area contributed by atoms with Crippen molar-refractivity contribution in [1.82, 2.24) is 15.5 Å². The molecule has 2 aliphatic rings. The topological polar surface area (TPSA) is 78.5 Å². The number of hydrogen-bond donors (Lipinski definition) is 2. The third kappa shape index (κ3) is 4.04. The van der Waals surface area contributed by atoms with Crippen LogP contribution in [0.15, 0.2) is 42.5 Å². The lowest BCUT2D eigenvalue weighted by molar-refractivity contribution is -0.135. The van der Waals surface area contributed by atoms with Gasteiger partial charge in [0.1, 0.15) is 17.9 Å². The number of nitrogens with one attached hydrogen (secondary N) is 2. The molecule has 31 heavy (non-hydrogen) atoms. The summed E-state index contributed by atoms with van der Waals surface area (Å²) in [6.07, 6.45) is 4.53. The normalized spacial score (nSPS) is 21.5. The van der Waals surface area contributed by atoms with Gasteiger partial charge in [-0.25, -0.2) is 9.18 Å². The number of aryl methyl sites for hydroxylation is 2. The molecule has 6 nitrogen and oxygen atoms in total. The molecule has 0 spiro atoms. The summed E-state index contributed by atoms with van der Waals surface area (Å²) in [5.41, 5.74) is 2.82. The Hall–Kier alpha value is -3.22. The molecule has 1 fully saturated rings. The molecule has 0 aromatic heterocycles. The molecule has 0 bridgehead atoms. The first-order chi connectivity index (χ1) is 14.8. The monoisotopic (exact) mass is 423 g/mol. The largest absolute Gasteiger partial charge is 0.348 e. The van der Waals surface area contributed by atoms with Gasteiger partial charge in [-0.05, 0) is 73.9 Å². The van der Waals surface area contributed by atoms with E-state index in [1.165, 1.54) is 48.2 Å². The molecule has 0 radical (unpaired) electrons. The molecule has 162 valence electrons. The zero-order valence-corrected chi connectivity index (χ0v) is 17.7. The van der Waals surface area contributed by atoms with Gasteiger partial charge in [0.2, 0.25) is 5.91 Å². The number of benzene rings is 2. The van der Waals surface area contributed by atoms with Crippen molar-refractivity contribution in [3.63, 3.8) is 0 Å². The molecule has 4 amide bonds. The Morgan fingerprint density at radius 1 is 1.13 bits per heavy atom. The molecule has 1 aliphatic carbocycles. The van der Waals surface area contributed by atoms with E-state index in [-0.39, 0.29) is 12.6 Å². The maximum atomic E-state index is 13.2. The van der Waals surface area contributed by atoms with Gasteiger partial charge in [-0.1, -0.05) is 30.3 Å². The highest BCUT2D eigenvalue weighted by molar-refractivity contribution is 6.09. The van der Waals surface area contributed by atoms with E-state index in [1.54, 1.807) is 6.92 Å². The molecule has 7 heteroatoms. The van der Waals surface area contributed by atoms with Crippen molar-refractivity contribution in [2.75, 3.05) is 6.54 Å². The van der Waals surface area contributed by atoms with Gasteiger partial charge in [-0.15, -0.1) is 0 Å². The number of carbonyl (C=O) groups is 3. The molecule has 2 N–H and O–H groups in total. The molecule has 1 aliphatic heterocycles. The van der Waals surface area contributed by atoms with Crippen LogP contribution in [0.4, 0.5) is 9.18 Å². The number of hydrogen-bond acceptors (Lipinski definition) is 3. The van der Waals surface area contributed by atoms with E-state index in [0.717, 1.165) is 23.3 Å². The van der Waals surface area contributed by atoms with Gasteiger partial charge in [-0.3, -0.25) is 14.5 Å². The summed E-state index contributed by atoms with van der Waals surface area (Å²) >= 11 is 0. The highest BCUT2D eigenvalue weighted by atomic mass is 19.1. The number of imide groups is 1. The predicted molar refractivity (Wildman–Crippen MR) is 114 cm³/mol. The van der Waals surface area contributed by atoms with E-state index in [1.807, 2.05) is 13.0 Å². The van der Waals surface area contributed by atoms with Crippen molar-refractivity contribution in [2.24, 2.45) is 0 Å². The van der Waals surface area contributed by atoms with E-state index in [0.29, 0.717) is 5.56 Å². The van der Waals surface area contributed by atoms with Crippen molar-refractivity contribution in [3.8, 4) is 0 Å². The minimum absolute atomic E-state index is 0.246. The van der Waals surface area contributed by atoms with Crippen LogP contribution in [0, 0.1) is 5.82 Å². The Morgan fingerprint density at radius 2 is 1.81 bits per heavy atom. The summed E-state index contributed by atoms with van der Waals surface area (Å²) in [6, 6.07) is 10.8. The molecule has 1 heterocycles. The average Bonchev–Trinajstić information content (AvgIpc) is 2.97. The van der Waals surface area contributed by atoms with Gasteiger partial charge in [0.25, 0.3) is 5.91 Å². The van der Waals surface area contributed by atoms with Gasteiger partial charge < -0.3 is 10.6 Å². The number of nitrogens with zero attached hydrogens (tertiary/aromatic N) is 1. The van der Waals surface area contributed by atoms with Crippen molar-refractivity contribution < 1.29 is 18.8 Å². The third-order valence-corrected chi connectivity index (χ3v) is 6.25. The van der Waals surface area contributed by atoms with E-state index in [9.17, 15) is 18.8 Å². The quantitative estimate of drug-likeness (QED) is 0.724. The number of rotatable bonds is 5. The first-order valence-electron chi connectivity index (χ1n) is 10.6. The average molecular weight is 423 g/mol. The Kier molecular flexibility index (Phi) is 5.52. The van der Waals surface area contributed by atoms with Gasteiger partial charge in [0, 0.05) is 0 Å². The number of fused-ring (bicyclic) bond motifs is 1. The summed E-state index contributed by atoms with van der Waals surface area (Å²) in [5.74, 6) is -1.39. The first kappa shape index (κ1) is 21.0. The Labute approximate surface area is 180 Å². The SMILES string of the molecule is C[C@@H](NC(=O)CN1C(=O)N[C@@](C)(c2ccc(F)cc2)C1=O)c1ccc2c(c1)CCCC2. The summed E-state index contributed by atoms with van der Waals surface area (Å²) < 4.78 is 13.2. The van der Waals surface area contributed by atoms with Crippen LogP contribution in [0.1, 0.15) is 55.0 Å². The fraction of sp³-hybridized carbons (Fsp3) is 0.375. The van der Waals surface area contributed by atoms with Crippen LogP contribution >= 0.6 is 0 Å². The van der Waals surface area contributed by atoms with Gasteiger partial charge in [0.05, 0.1) is 6.04 Å². The minimum Gasteiger partial charge on any atom is -0.348 e. The summed E-state index contributed by atoms with van der Waals surface area (Å²) in [6.45, 7) is 3.06. The highest BCUT2D eigenvalue weighted by Crippen LogP contribution is 2.29. The number of halogens is 1. The second-order valence-electron chi connectivity index (χ2n) is 8.48. The van der Waals surface area contributed by atoms with Gasteiger partial charge >= 0.3 is 6.03 Å². The lowest BCUT2D eigenvalue weighted by Crippen LogP contribution is -2.43. The fourth-order valence-corrected chi connectivity index (χ4v) is 4.36. The standard InChI is InChI=1S/C24H26FN3O3/c1-15(17-8-7-16-5-3-4-6-18(16)13-17)26-21(29)14-28-22(30)24(2,27-23(28)31)19-9-11-20(25)12-10-19/h7-13,15H,3-6,14H2,1-2H3,(H,26,29)(H,27,31)/t15-,24+/m1/s1. The maximum absolute atomic E-state index is 13.2. The van der Waals surface area contributed by atoms with Crippen LogP contribution in [0.25, 0.3) is 0 Å². The van der Waals surface area contributed by atoms with Crippen LogP contribution in [0.5, 0.6) is 0 Å². The van der Waals surface area contributed by atoms with E-state index in [4.69, 9.17) is 0 Å². The highest BCUT2D eigenvalue weighted by Gasteiger charge is 2.49. The first-order valence-corrected chi connectivity index (χ1v) is 10.6. The molecule has 1 saturated heterocycles. The molecule has 2 atom stereocenters. The van der Waals surface area contributed by atoms with E-state index < -0.39 is 29.2 Å². The zero-order valence-electron chi connectivity index (χ0n) is 17.7. The summed E-state index contributed by atoms with van der Waals surface area (Å²) in [7, 11) is 0. The molecule has 4 rings (SSSR count). The Bertz CT molecular complexity index is 1040. The van der Waals surface area contributed by atoms with Crippen LogP contribution in [-0.2, 0) is 28.0 Å². The summed E-state index contributed by atoms with van der Waals surface area (Å²) in [4.78, 5) is 38.9. The molecule has 2 aromatic carbocycles. The lowest BCUT2D eigenvalue weighted by Gasteiger charge is -2.23. The van der Waals surface area contributed by atoms with E-state index in [2.05, 4.69) is 22.8 Å². The predicted octanol–water partition coefficient (Wildman–Crippen LogP) is 3.35. The molecular formula is C24H26FN3O3. The molecule has 2 aromatic rings. The molecule has 0 saturated carbocycles. The van der Waals surface area contributed by atoms with Crippen molar-refractivity contribution in [1.29, 1.82) is 0 Å². The molecular weight excluding hydrogens is 397 g/mol. The maximum Gasteiger partial charge on any atom is 0.325 e. The van der Waals surface area contributed by atoms with Crippen LogP contribution in [0.2, 0.25) is 0 Å². The van der Waals surface area contributed by atoms with Gasteiger partial charge in [0.15, 0.2) is 0 Å².